The molecule has 0 aromatic heterocycles. The van der Waals surface area contributed by atoms with E-state index in [1.807, 2.05) is 14.2 Å². The van der Waals surface area contributed by atoms with E-state index in [2.05, 4.69) is 17.1 Å². The molecule has 90 valence electrons. The molecule has 1 heterocycles. The molecule has 1 aliphatic heterocycles. The molecule has 0 radical (unpaired) electrons. The molecule has 0 aromatic rings. The molecule has 1 rings (SSSR count). The van der Waals surface area contributed by atoms with Crippen molar-refractivity contribution in [2.24, 2.45) is 0 Å². The predicted molar refractivity (Wildman–Crippen MR) is 64.2 cm³/mol. The fourth-order valence-electron chi connectivity index (χ4n) is 2.47. The zero-order chi connectivity index (χ0) is 11.1. The molecule has 0 bridgehead atoms. The Kier molecular flexibility index (Phi) is 6.22. The van der Waals surface area contributed by atoms with Crippen LogP contribution in [0.3, 0.4) is 0 Å². The third kappa shape index (κ3) is 4.09. The van der Waals surface area contributed by atoms with Crippen LogP contribution < -0.4 is 5.32 Å². The van der Waals surface area contributed by atoms with E-state index in [1.54, 1.807) is 0 Å². The van der Waals surface area contributed by atoms with Crippen LogP contribution in [0, 0.1) is 0 Å². The summed E-state index contributed by atoms with van der Waals surface area (Å²) in [6, 6.07) is 0.693. The van der Waals surface area contributed by atoms with Crippen LogP contribution in [0.5, 0.6) is 0 Å². The van der Waals surface area contributed by atoms with Crippen molar-refractivity contribution in [3.05, 3.63) is 0 Å². The number of nitrogens with one attached hydrogen (secondary N) is 1. The molecule has 0 amide bonds. The molecule has 1 N–H and O–H groups in total. The summed E-state index contributed by atoms with van der Waals surface area (Å²) in [6.45, 7) is 5.72. The number of piperidine rings is 1. The minimum atomic E-state index is 0.454. The summed E-state index contributed by atoms with van der Waals surface area (Å²) in [4.78, 5) is 2.59. The van der Waals surface area contributed by atoms with Gasteiger partial charge in [0.05, 0.1) is 6.10 Å². The van der Waals surface area contributed by atoms with E-state index in [0.717, 1.165) is 13.1 Å². The second-order valence-electron chi connectivity index (χ2n) is 4.50. The third-order valence-corrected chi connectivity index (χ3v) is 3.32. The van der Waals surface area contributed by atoms with Gasteiger partial charge in [0.15, 0.2) is 0 Å². The summed E-state index contributed by atoms with van der Waals surface area (Å²) in [5, 5.41) is 3.30. The smallest absolute Gasteiger partial charge is 0.0698 e. The first-order valence-corrected chi connectivity index (χ1v) is 6.23. The molecule has 0 aliphatic carbocycles. The van der Waals surface area contributed by atoms with E-state index < -0.39 is 0 Å². The SMILES string of the molecule is CCCC(CNC)N1CCCC(OC)C1. The minimum absolute atomic E-state index is 0.454. The lowest BCUT2D eigenvalue weighted by Gasteiger charge is -2.37. The Morgan fingerprint density at radius 2 is 2.33 bits per heavy atom. The van der Waals surface area contributed by atoms with Gasteiger partial charge in [-0.1, -0.05) is 13.3 Å². The van der Waals surface area contributed by atoms with Crippen LogP contribution in [0.2, 0.25) is 0 Å². The first-order valence-electron chi connectivity index (χ1n) is 6.23. The number of nitrogens with zero attached hydrogens (tertiary/aromatic N) is 1. The highest BCUT2D eigenvalue weighted by Gasteiger charge is 2.24. The van der Waals surface area contributed by atoms with E-state index >= 15 is 0 Å². The van der Waals surface area contributed by atoms with E-state index in [-0.39, 0.29) is 0 Å². The van der Waals surface area contributed by atoms with Crippen LogP contribution in [-0.4, -0.2) is 50.8 Å². The van der Waals surface area contributed by atoms with Crippen LogP contribution in [0.4, 0.5) is 0 Å². The van der Waals surface area contributed by atoms with Crippen molar-refractivity contribution in [2.45, 2.75) is 44.8 Å². The largest absolute Gasteiger partial charge is 0.380 e. The molecule has 0 spiro atoms. The Hall–Kier alpha value is -0.120. The summed E-state index contributed by atoms with van der Waals surface area (Å²) in [6.07, 6.45) is 5.51. The number of ether oxygens (including phenoxy) is 1. The predicted octanol–water partition coefficient (Wildman–Crippen LogP) is 1.49. The fraction of sp³-hybridized carbons (Fsp3) is 1.00. The lowest BCUT2D eigenvalue weighted by Crippen LogP contribution is -2.48. The highest BCUT2D eigenvalue weighted by molar-refractivity contribution is 4.80. The topological polar surface area (TPSA) is 24.5 Å². The second kappa shape index (κ2) is 7.20. The number of hydrogen-bond donors (Lipinski definition) is 1. The number of likely N-dealkylation sites (N-methyl/N-ethyl adjacent to an activating group) is 1. The van der Waals surface area contributed by atoms with E-state index in [0.29, 0.717) is 12.1 Å². The standard InChI is InChI=1S/C12H26N2O/c1-4-6-11(9-13-2)14-8-5-7-12(10-14)15-3/h11-13H,4-10H2,1-3H3. The summed E-state index contributed by atoms with van der Waals surface area (Å²) >= 11 is 0. The lowest BCUT2D eigenvalue weighted by atomic mass is 10.0. The Labute approximate surface area is 94.2 Å². The first-order chi connectivity index (χ1) is 7.31. The van der Waals surface area contributed by atoms with Crippen molar-refractivity contribution in [3.8, 4) is 0 Å². The van der Waals surface area contributed by atoms with Gasteiger partial charge in [-0.2, -0.15) is 0 Å². The van der Waals surface area contributed by atoms with Crippen molar-refractivity contribution in [1.29, 1.82) is 0 Å². The highest BCUT2D eigenvalue weighted by Crippen LogP contribution is 2.17. The molecule has 0 saturated carbocycles. The molecule has 3 heteroatoms. The zero-order valence-corrected chi connectivity index (χ0v) is 10.5. The van der Waals surface area contributed by atoms with Gasteiger partial charge in [-0.05, 0) is 32.9 Å². The highest BCUT2D eigenvalue weighted by atomic mass is 16.5. The number of likely N-dealkylation sites (tertiary alicyclic amines) is 1. The molecule has 1 fully saturated rings. The van der Waals surface area contributed by atoms with Gasteiger partial charge in [-0.25, -0.2) is 0 Å². The second-order valence-corrected chi connectivity index (χ2v) is 4.50. The van der Waals surface area contributed by atoms with Gasteiger partial charge in [0.2, 0.25) is 0 Å². The average molecular weight is 214 g/mol. The molecule has 0 aromatic carbocycles. The summed E-state index contributed by atoms with van der Waals surface area (Å²) in [7, 11) is 3.88. The molecule has 1 aliphatic rings. The molecule has 2 atom stereocenters. The molecule has 1 saturated heterocycles. The Morgan fingerprint density at radius 1 is 1.53 bits per heavy atom. The molecule has 15 heavy (non-hydrogen) atoms. The fourth-order valence-corrected chi connectivity index (χ4v) is 2.47. The van der Waals surface area contributed by atoms with Gasteiger partial charge in [0.25, 0.3) is 0 Å². The summed E-state index contributed by atoms with van der Waals surface area (Å²) in [5.41, 5.74) is 0. The van der Waals surface area contributed by atoms with Crippen molar-refractivity contribution in [1.82, 2.24) is 10.2 Å². The van der Waals surface area contributed by atoms with Crippen LogP contribution in [-0.2, 0) is 4.74 Å². The molecule has 2 unspecified atom stereocenters. The lowest BCUT2D eigenvalue weighted by molar-refractivity contribution is 0.0132. The van der Waals surface area contributed by atoms with Gasteiger partial charge >= 0.3 is 0 Å². The number of methoxy groups -OCH3 is 1. The maximum Gasteiger partial charge on any atom is 0.0698 e. The van der Waals surface area contributed by atoms with E-state index in [1.165, 1.54) is 32.2 Å². The Bertz CT molecular complexity index is 158. The van der Waals surface area contributed by atoms with E-state index in [4.69, 9.17) is 4.74 Å². The average Bonchev–Trinajstić information content (AvgIpc) is 2.29. The van der Waals surface area contributed by atoms with Crippen LogP contribution in [0.1, 0.15) is 32.6 Å². The molecular weight excluding hydrogens is 188 g/mol. The molecule has 3 nitrogen and oxygen atoms in total. The first kappa shape index (κ1) is 12.9. The number of rotatable bonds is 6. The van der Waals surface area contributed by atoms with Crippen LogP contribution in [0.25, 0.3) is 0 Å². The van der Waals surface area contributed by atoms with Crippen molar-refractivity contribution < 1.29 is 4.74 Å². The van der Waals surface area contributed by atoms with Gasteiger partial charge in [-0.15, -0.1) is 0 Å². The molecular formula is C12H26N2O. The van der Waals surface area contributed by atoms with Gasteiger partial charge < -0.3 is 10.1 Å². The van der Waals surface area contributed by atoms with Crippen LogP contribution >= 0.6 is 0 Å². The van der Waals surface area contributed by atoms with Gasteiger partial charge in [0, 0.05) is 26.2 Å². The third-order valence-electron chi connectivity index (χ3n) is 3.32. The van der Waals surface area contributed by atoms with Crippen molar-refractivity contribution in [2.75, 3.05) is 33.8 Å². The van der Waals surface area contributed by atoms with Crippen molar-refractivity contribution >= 4 is 0 Å². The monoisotopic (exact) mass is 214 g/mol. The maximum atomic E-state index is 5.47. The maximum absolute atomic E-state index is 5.47. The van der Waals surface area contributed by atoms with Gasteiger partial charge in [-0.3, -0.25) is 4.90 Å². The van der Waals surface area contributed by atoms with E-state index in [9.17, 15) is 0 Å². The van der Waals surface area contributed by atoms with Gasteiger partial charge in [0.1, 0.15) is 0 Å². The normalized spacial score (nSPS) is 25.4. The Balaban J connectivity index is 2.42. The number of hydrogen-bond acceptors (Lipinski definition) is 3. The Morgan fingerprint density at radius 3 is 2.93 bits per heavy atom. The summed E-state index contributed by atoms with van der Waals surface area (Å²) < 4.78 is 5.47. The van der Waals surface area contributed by atoms with Crippen molar-refractivity contribution in [3.63, 3.8) is 0 Å². The zero-order valence-electron chi connectivity index (χ0n) is 10.5. The minimum Gasteiger partial charge on any atom is -0.380 e. The summed E-state index contributed by atoms with van der Waals surface area (Å²) in [5.74, 6) is 0. The quantitative estimate of drug-likeness (QED) is 0.725. The van der Waals surface area contributed by atoms with Crippen LogP contribution in [0.15, 0.2) is 0 Å².